The van der Waals surface area contributed by atoms with E-state index >= 15 is 0 Å². The molecule has 170 valence electrons. The average molecular weight is 458 g/mol. The molecule has 0 amide bonds. The van der Waals surface area contributed by atoms with Gasteiger partial charge in [-0.1, -0.05) is 36.4 Å². The Labute approximate surface area is 187 Å². The number of aryl methyl sites for hydroxylation is 3. The highest BCUT2D eigenvalue weighted by Gasteiger charge is 2.11. The van der Waals surface area contributed by atoms with Gasteiger partial charge in [0, 0.05) is 31.0 Å². The summed E-state index contributed by atoms with van der Waals surface area (Å²) < 4.78 is 37.5. The molecule has 4 aromatic rings. The number of nitrogens with zero attached hydrogens (tertiary/aromatic N) is 3. The van der Waals surface area contributed by atoms with Gasteiger partial charge in [0.1, 0.15) is 18.1 Å². The first-order valence-corrected chi connectivity index (χ1v) is 11.5. The Hall–Kier alpha value is -3.14. The molecule has 0 unspecified atom stereocenters. The van der Waals surface area contributed by atoms with Crippen LogP contribution in [0.3, 0.4) is 0 Å². The summed E-state index contributed by atoms with van der Waals surface area (Å²) in [5.74, 6) is 0.405. The highest BCUT2D eigenvalue weighted by atomic mass is 32.3. The van der Waals surface area contributed by atoms with Crippen molar-refractivity contribution in [1.29, 1.82) is 0 Å². The summed E-state index contributed by atoms with van der Waals surface area (Å²) in [6, 6.07) is 16.5. The minimum atomic E-state index is -4.41. The van der Waals surface area contributed by atoms with Crippen LogP contribution in [0.5, 0.6) is 5.75 Å². The molecule has 2 aromatic carbocycles. The molecule has 2 aromatic heterocycles. The van der Waals surface area contributed by atoms with Crippen LogP contribution >= 0.6 is 0 Å². The zero-order chi connectivity index (χ0) is 23.1. The Bertz CT molecular complexity index is 1260. The molecule has 8 nitrogen and oxygen atoms in total. The molecule has 0 fully saturated rings. The molecule has 0 saturated heterocycles. The average Bonchev–Trinajstić information content (AvgIpc) is 3.37. The van der Waals surface area contributed by atoms with Crippen LogP contribution in [0.1, 0.15) is 17.5 Å². The third-order valence-corrected chi connectivity index (χ3v) is 5.50. The van der Waals surface area contributed by atoms with Crippen LogP contribution in [-0.4, -0.2) is 34.3 Å². The van der Waals surface area contributed by atoms with Crippen molar-refractivity contribution in [3.63, 3.8) is 0 Å². The minimum absolute atomic E-state index is 0.405. The number of hydrogen-bond donors (Lipinski definition) is 1. The fourth-order valence-corrected chi connectivity index (χ4v) is 3.51. The molecule has 0 aliphatic rings. The van der Waals surface area contributed by atoms with Crippen LogP contribution < -0.4 is 4.57 Å². The maximum absolute atomic E-state index is 10.7. The van der Waals surface area contributed by atoms with Gasteiger partial charge in [-0.05, 0) is 23.3 Å². The van der Waals surface area contributed by atoms with Crippen LogP contribution in [0.25, 0.3) is 10.9 Å². The third-order valence-electron chi connectivity index (χ3n) is 5.09. The zero-order valence-electron chi connectivity index (χ0n) is 18.1. The summed E-state index contributed by atoms with van der Waals surface area (Å²) in [5.41, 5.74) is 3.28. The van der Waals surface area contributed by atoms with E-state index in [0.29, 0.717) is 5.75 Å². The fourth-order valence-electron chi connectivity index (χ4n) is 3.51. The van der Waals surface area contributed by atoms with E-state index in [-0.39, 0.29) is 0 Å². The Kier molecular flexibility index (Phi) is 7.68. The summed E-state index contributed by atoms with van der Waals surface area (Å²) in [5, 5.41) is 11.6. The second-order valence-corrected chi connectivity index (χ2v) is 8.57. The van der Waals surface area contributed by atoms with Crippen molar-refractivity contribution < 1.29 is 26.8 Å². The number of phenolic OH excluding ortho intramolecular Hbond substituents is 1. The first-order chi connectivity index (χ1) is 15.3. The lowest BCUT2D eigenvalue weighted by molar-refractivity contribution is -0.671. The highest BCUT2D eigenvalue weighted by molar-refractivity contribution is 7.80. The molecule has 9 heteroatoms. The molecule has 0 atom stereocenters. The van der Waals surface area contributed by atoms with Crippen molar-refractivity contribution in [2.75, 3.05) is 7.11 Å². The van der Waals surface area contributed by atoms with E-state index in [4.69, 9.17) is 0 Å². The minimum Gasteiger partial charge on any atom is -0.726 e. The molecule has 0 bridgehead atoms. The van der Waals surface area contributed by atoms with E-state index in [1.165, 1.54) is 5.56 Å². The summed E-state index contributed by atoms with van der Waals surface area (Å²) in [7, 11) is -1.57. The van der Waals surface area contributed by atoms with Gasteiger partial charge in [0.05, 0.1) is 26.2 Å². The van der Waals surface area contributed by atoms with Crippen molar-refractivity contribution in [2.45, 2.75) is 25.9 Å². The summed E-state index contributed by atoms with van der Waals surface area (Å²) in [6.45, 7) is 1.92. The van der Waals surface area contributed by atoms with Gasteiger partial charge in [0.15, 0.2) is 0 Å². The SMILES string of the molecule is COS(=O)(=O)[O-].C[n+]1ccn(CCCn2ccc3c(O)c(Cc4ccccc4)ccc32)c1. The van der Waals surface area contributed by atoms with Gasteiger partial charge in [-0.15, -0.1) is 0 Å². The van der Waals surface area contributed by atoms with Crippen molar-refractivity contribution >= 4 is 21.3 Å². The molecule has 32 heavy (non-hydrogen) atoms. The van der Waals surface area contributed by atoms with Crippen LogP contribution in [-0.2, 0) is 41.1 Å². The lowest BCUT2D eigenvalue weighted by atomic mass is 10.0. The monoisotopic (exact) mass is 457 g/mol. The van der Waals surface area contributed by atoms with Gasteiger partial charge in [0.25, 0.3) is 0 Å². The standard InChI is InChI=1S/C22H23N3O.CH4O4S/c1-23-14-15-24(17-23)11-5-12-25-13-10-20-21(25)9-8-19(22(20)26)16-18-6-3-2-4-7-18;1-5-6(2,3)4/h2-4,6-10,13-15,17H,5,11-12,16H2,1H3;1H3,(H,2,3,4). The molecule has 0 spiro atoms. The first-order valence-electron chi connectivity index (χ1n) is 10.1. The lowest BCUT2D eigenvalue weighted by Crippen LogP contribution is -2.23. The first kappa shape index (κ1) is 23.5. The van der Waals surface area contributed by atoms with E-state index in [0.717, 1.165) is 49.5 Å². The second kappa shape index (κ2) is 10.4. The Balaban J connectivity index is 0.000000427. The predicted octanol–water partition coefficient (Wildman–Crippen LogP) is 2.75. The van der Waals surface area contributed by atoms with E-state index in [1.54, 1.807) is 0 Å². The van der Waals surface area contributed by atoms with Crippen LogP contribution in [0.2, 0.25) is 0 Å². The zero-order valence-corrected chi connectivity index (χ0v) is 18.9. The van der Waals surface area contributed by atoms with Crippen LogP contribution in [0.4, 0.5) is 0 Å². The smallest absolute Gasteiger partial charge is 0.243 e. The quantitative estimate of drug-likeness (QED) is 0.261. The molecular formula is C23H27N3O5S. The Morgan fingerprint density at radius 2 is 1.78 bits per heavy atom. The Morgan fingerprint density at radius 3 is 2.41 bits per heavy atom. The molecule has 0 aliphatic carbocycles. The molecule has 0 radical (unpaired) electrons. The molecule has 1 N–H and O–H groups in total. The number of aromatic nitrogens is 3. The van der Waals surface area contributed by atoms with E-state index in [1.807, 2.05) is 37.4 Å². The maximum atomic E-state index is 10.7. The van der Waals surface area contributed by atoms with Gasteiger partial charge in [-0.3, -0.25) is 4.18 Å². The van der Waals surface area contributed by atoms with Gasteiger partial charge in [0.2, 0.25) is 16.7 Å². The Morgan fingerprint density at radius 1 is 1.06 bits per heavy atom. The van der Waals surface area contributed by atoms with Crippen molar-refractivity contribution in [1.82, 2.24) is 9.13 Å². The van der Waals surface area contributed by atoms with Crippen molar-refractivity contribution in [3.8, 4) is 5.75 Å². The molecule has 4 rings (SSSR count). The number of aromatic hydroxyl groups is 1. The summed E-state index contributed by atoms with van der Waals surface area (Å²) >= 11 is 0. The largest absolute Gasteiger partial charge is 0.726 e. The highest BCUT2D eigenvalue weighted by Crippen LogP contribution is 2.31. The number of hydrogen-bond acceptors (Lipinski definition) is 5. The molecule has 0 saturated carbocycles. The topological polar surface area (TPSA) is 100 Å². The van der Waals surface area contributed by atoms with E-state index < -0.39 is 10.4 Å². The number of rotatable bonds is 7. The normalized spacial score (nSPS) is 11.3. The second-order valence-electron chi connectivity index (χ2n) is 7.42. The molecule has 0 aliphatic heterocycles. The molecule has 2 heterocycles. The predicted molar refractivity (Wildman–Crippen MR) is 120 cm³/mol. The summed E-state index contributed by atoms with van der Waals surface area (Å²) in [6.07, 6.45) is 10.1. The van der Waals surface area contributed by atoms with Crippen molar-refractivity contribution in [2.24, 2.45) is 7.05 Å². The number of benzene rings is 2. The molecular weight excluding hydrogens is 430 g/mol. The van der Waals surface area contributed by atoms with Gasteiger partial charge in [-0.2, -0.15) is 0 Å². The lowest BCUT2D eigenvalue weighted by Gasteiger charge is -2.09. The van der Waals surface area contributed by atoms with Gasteiger partial charge < -0.3 is 14.2 Å². The number of fused-ring (bicyclic) bond motifs is 1. The maximum Gasteiger partial charge on any atom is 0.243 e. The van der Waals surface area contributed by atoms with Gasteiger partial charge in [-0.25, -0.2) is 17.6 Å². The van der Waals surface area contributed by atoms with Crippen molar-refractivity contribution in [3.05, 3.63) is 84.6 Å². The van der Waals surface area contributed by atoms with E-state index in [2.05, 4.69) is 61.0 Å². The fraction of sp³-hybridized carbons (Fsp3) is 0.261. The number of phenols is 1. The van der Waals surface area contributed by atoms with E-state index in [9.17, 15) is 18.1 Å². The third kappa shape index (κ3) is 6.43. The number of imidazole rings is 1. The summed E-state index contributed by atoms with van der Waals surface area (Å²) in [4.78, 5) is 0. The van der Waals surface area contributed by atoms with Crippen LogP contribution in [0, 0.1) is 0 Å². The van der Waals surface area contributed by atoms with Crippen LogP contribution in [0.15, 0.2) is 73.4 Å². The van der Waals surface area contributed by atoms with Gasteiger partial charge >= 0.3 is 0 Å².